The molecule has 0 radical (unpaired) electrons. The Kier molecular flexibility index (Phi) is 3.14. The van der Waals surface area contributed by atoms with Gasteiger partial charge in [0.15, 0.2) is 0 Å². The Bertz CT molecular complexity index is 225. The highest BCUT2D eigenvalue weighted by Crippen LogP contribution is 1.97. The summed E-state index contributed by atoms with van der Waals surface area (Å²) in [5.74, 6) is -0.244. The van der Waals surface area contributed by atoms with Crippen molar-refractivity contribution in [3.63, 3.8) is 0 Å². The van der Waals surface area contributed by atoms with Crippen molar-refractivity contribution < 1.29 is 9.53 Å². The predicted octanol–water partition coefficient (Wildman–Crippen LogP) is 1.06. The molecule has 0 saturated carbocycles. The SMILES string of the molecule is COC(=O)CN1C=CC=CC=C1. The van der Waals surface area contributed by atoms with E-state index in [-0.39, 0.29) is 12.5 Å². The lowest BCUT2D eigenvalue weighted by Gasteiger charge is -2.11. The first-order valence-electron chi connectivity index (χ1n) is 3.67. The lowest BCUT2D eigenvalue weighted by molar-refractivity contribution is -0.140. The fraction of sp³-hybridized carbons (Fsp3) is 0.222. The molecule has 12 heavy (non-hydrogen) atoms. The molecule has 0 spiro atoms. The predicted molar refractivity (Wildman–Crippen MR) is 46.1 cm³/mol. The van der Waals surface area contributed by atoms with Gasteiger partial charge in [-0.2, -0.15) is 0 Å². The van der Waals surface area contributed by atoms with E-state index in [0.29, 0.717) is 0 Å². The van der Waals surface area contributed by atoms with Gasteiger partial charge in [-0.05, 0) is 12.2 Å². The first-order valence-corrected chi connectivity index (χ1v) is 3.67. The second-order valence-electron chi connectivity index (χ2n) is 2.32. The van der Waals surface area contributed by atoms with E-state index in [9.17, 15) is 4.79 Å². The minimum Gasteiger partial charge on any atom is -0.468 e. The van der Waals surface area contributed by atoms with Crippen molar-refractivity contribution in [2.75, 3.05) is 13.7 Å². The van der Waals surface area contributed by atoms with E-state index in [2.05, 4.69) is 4.74 Å². The van der Waals surface area contributed by atoms with Gasteiger partial charge >= 0.3 is 5.97 Å². The van der Waals surface area contributed by atoms with Crippen LogP contribution in [0.25, 0.3) is 0 Å². The first kappa shape index (κ1) is 8.59. The van der Waals surface area contributed by atoms with Crippen molar-refractivity contribution in [3.8, 4) is 0 Å². The first-order chi connectivity index (χ1) is 5.83. The maximum atomic E-state index is 10.8. The third kappa shape index (κ3) is 2.62. The molecule has 64 valence electrons. The van der Waals surface area contributed by atoms with Crippen LogP contribution in [0.4, 0.5) is 0 Å². The van der Waals surface area contributed by atoms with Crippen LogP contribution in [0, 0.1) is 0 Å². The van der Waals surface area contributed by atoms with E-state index < -0.39 is 0 Å². The van der Waals surface area contributed by atoms with Gasteiger partial charge in [0, 0.05) is 12.4 Å². The summed E-state index contributed by atoms with van der Waals surface area (Å²) in [6.07, 6.45) is 11.2. The molecule has 0 unspecified atom stereocenters. The van der Waals surface area contributed by atoms with Gasteiger partial charge in [0.05, 0.1) is 7.11 Å². The lowest BCUT2D eigenvalue weighted by Crippen LogP contribution is -2.20. The average molecular weight is 165 g/mol. The van der Waals surface area contributed by atoms with Crippen molar-refractivity contribution in [2.24, 2.45) is 0 Å². The number of methoxy groups -OCH3 is 1. The summed E-state index contributed by atoms with van der Waals surface area (Å²) in [4.78, 5) is 12.6. The third-order valence-corrected chi connectivity index (χ3v) is 1.43. The van der Waals surface area contributed by atoms with Crippen molar-refractivity contribution in [2.45, 2.75) is 0 Å². The van der Waals surface area contributed by atoms with Crippen LogP contribution in [0.5, 0.6) is 0 Å². The van der Waals surface area contributed by atoms with Gasteiger partial charge in [-0.3, -0.25) is 4.79 Å². The van der Waals surface area contributed by atoms with Crippen molar-refractivity contribution in [3.05, 3.63) is 36.7 Å². The number of rotatable bonds is 2. The quantitative estimate of drug-likeness (QED) is 0.573. The fourth-order valence-corrected chi connectivity index (χ4v) is 0.817. The monoisotopic (exact) mass is 165 g/mol. The van der Waals surface area contributed by atoms with Crippen molar-refractivity contribution >= 4 is 5.97 Å². The Labute approximate surface area is 71.6 Å². The lowest BCUT2D eigenvalue weighted by atomic mass is 10.5. The third-order valence-electron chi connectivity index (χ3n) is 1.43. The number of hydrogen-bond acceptors (Lipinski definition) is 3. The summed E-state index contributed by atoms with van der Waals surface area (Å²) in [5, 5.41) is 0. The van der Waals surface area contributed by atoms with Crippen LogP contribution in [0.15, 0.2) is 36.7 Å². The Hall–Kier alpha value is -1.51. The van der Waals surface area contributed by atoms with Gasteiger partial charge < -0.3 is 9.64 Å². The minimum absolute atomic E-state index is 0.244. The van der Waals surface area contributed by atoms with Gasteiger partial charge in [0.2, 0.25) is 0 Å². The average Bonchev–Trinajstić information content (AvgIpc) is 2.33. The molecule has 1 rings (SSSR count). The van der Waals surface area contributed by atoms with Gasteiger partial charge in [-0.25, -0.2) is 0 Å². The highest BCUT2D eigenvalue weighted by Gasteiger charge is 2.03. The molecule has 1 aliphatic rings. The summed E-state index contributed by atoms with van der Waals surface area (Å²) >= 11 is 0. The van der Waals surface area contributed by atoms with Crippen LogP contribution < -0.4 is 0 Å². The number of ether oxygens (including phenoxy) is 1. The molecule has 0 aliphatic carbocycles. The molecule has 3 heteroatoms. The van der Waals surface area contributed by atoms with Crippen molar-refractivity contribution in [1.82, 2.24) is 4.90 Å². The molecular weight excluding hydrogens is 154 g/mol. The summed E-state index contributed by atoms with van der Waals surface area (Å²) in [7, 11) is 1.38. The molecule has 0 N–H and O–H groups in total. The minimum atomic E-state index is -0.244. The molecule has 1 heterocycles. The molecule has 1 aliphatic heterocycles. The molecular formula is C9H11NO2. The van der Waals surface area contributed by atoms with E-state index in [1.54, 1.807) is 4.90 Å². The van der Waals surface area contributed by atoms with Gasteiger partial charge in [0.1, 0.15) is 6.54 Å². The summed E-state index contributed by atoms with van der Waals surface area (Å²) < 4.78 is 4.52. The van der Waals surface area contributed by atoms with E-state index in [1.165, 1.54) is 7.11 Å². The molecule has 0 bridgehead atoms. The van der Waals surface area contributed by atoms with Crippen LogP contribution in [0.1, 0.15) is 0 Å². The second kappa shape index (κ2) is 4.38. The van der Waals surface area contributed by atoms with Crippen LogP contribution in [-0.2, 0) is 9.53 Å². The topological polar surface area (TPSA) is 29.5 Å². The fourth-order valence-electron chi connectivity index (χ4n) is 0.817. The van der Waals surface area contributed by atoms with Gasteiger partial charge in [-0.15, -0.1) is 0 Å². The maximum Gasteiger partial charge on any atom is 0.325 e. The highest BCUT2D eigenvalue weighted by atomic mass is 16.5. The summed E-state index contributed by atoms with van der Waals surface area (Å²) in [5.41, 5.74) is 0. The summed E-state index contributed by atoms with van der Waals surface area (Å²) in [6.45, 7) is 0.255. The Morgan fingerprint density at radius 3 is 2.33 bits per heavy atom. The molecule has 0 atom stereocenters. The zero-order valence-corrected chi connectivity index (χ0v) is 6.93. The number of carbonyl (C=O) groups is 1. The Morgan fingerprint density at radius 1 is 1.25 bits per heavy atom. The molecule has 0 aromatic rings. The number of allylic oxidation sites excluding steroid dienone is 4. The normalized spacial score (nSPS) is 14.6. The number of esters is 1. The number of hydrogen-bond donors (Lipinski definition) is 0. The maximum absolute atomic E-state index is 10.8. The van der Waals surface area contributed by atoms with E-state index in [0.717, 1.165) is 0 Å². The molecule has 0 saturated heterocycles. The molecule has 0 fully saturated rings. The van der Waals surface area contributed by atoms with E-state index in [1.807, 2.05) is 36.7 Å². The molecule has 0 aromatic heterocycles. The van der Waals surface area contributed by atoms with Crippen LogP contribution in [0.3, 0.4) is 0 Å². The smallest absolute Gasteiger partial charge is 0.325 e. The zero-order valence-electron chi connectivity index (χ0n) is 6.93. The zero-order chi connectivity index (χ0) is 8.81. The van der Waals surface area contributed by atoms with Crippen LogP contribution in [0.2, 0.25) is 0 Å². The largest absolute Gasteiger partial charge is 0.468 e. The molecule has 0 amide bonds. The number of nitrogens with zero attached hydrogens (tertiary/aromatic N) is 1. The van der Waals surface area contributed by atoms with E-state index in [4.69, 9.17) is 0 Å². The van der Waals surface area contributed by atoms with Crippen LogP contribution in [-0.4, -0.2) is 24.5 Å². The number of carbonyl (C=O) groups excluding carboxylic acids is 1. The van der Waals surface area contributed by atoms with Crippen LogP contribution >= 0.6 is 0 Å². The molecule has 3 nitrogen and oxygen atoms in total. The Balaban J connectivity index is 2.48. The summed E-state index contributed by atoms with van der Waals surface area (Å²) in [6, 6.07) is 0. The standard InChI is InChI=1S/C9H11NO2/c1-12-9(11)8-10-6-4-2-3-5-7-10/h2-7H,8H2,1H3. The van der Waals surface area contributed by atoms with Crippen molar-refractivity contribution in [1.29, 1.82) is 0 Å². The Morgan fingerprint density at radius 2 is 1.83 bits per heavy atom. The van der Waals surface area contributed by atoms with Gasteiger partial charge in [-0.1, -0.05) is 12.2 Å². The molecule has 0 aromatic carbocycles. The second-order valence-corrected chi connectivity index (χ2v) is 2.32. The van der Waals surface area contributed by atoms with E-state index >= 15 is 0 Å². The highest BCUT2D eigenvalue weighted by molar-refractivity contribution is 5.71. The van der Waals surface area contributed by atoms with Gasteiger partial charge in [0.25, 0.3) is 0 Å².